The average molecular weight is 362 g/mol. The third-order valence-electron chi connectivity index (χ3n) is 5.37. The van der Waals surface area contributed by atoms with Crippen molar-refractivity contribution in [1.29, 1.82) is 0 Å². The summed E-state index contributed by atoms with van der Waals surface area (Å²) in [6.45, 7) is 5.77. The van der Waals surface area contributed by atoms with Crippen LogP contribution in [0.2, 0.25) is 0 Å². The van der Waals surface area contributed by atoms with Gasteiger partial charge in [0.1, 0.15) is 0 Å². The van der Waals surface area contributed by atoms with Gasteiger partial charge < -0.3 is 5.11 Å². The molecule has 0 aliphatic heterocycles. The molecule has 7 heteroatoms. The van der Waals surface area contributed by atoms with Gasteiger partial charge in [0.25, 0.3) is 5.91 Å². The highest BCUT2D eigenvalue weighted by Gasteiger charge is 2.57. The minimum Gasteiger partial charge on any atom is -0.481 e. The lowest BCUT2D eigenvalue weighted by Crippen LogP contribution is -2.48. The molecule has 0 unspecified atom stereocenters. The van der Waals surface area contributed by atoms with Gasteiger partial charge in [-0.1, -0.05) is 11.1 Å². The number of carboxylic acid groups (broad SMARTS) is 1. The van der Waals surface area contributed by atoms with E-state index in [4.69, 9.17) is 0 Å². The number of allylic oxidation sites excluding steroid dienone is 2. The maximum atomic E-state index is 12.7. The van der Waals surface area contributed by atoms with Gasteiger partial charge in [-0.15, -0.1) is 11.3 Å². The van der Waals surface area contributed by atoms with E-state index in [1.165, 1.54) is 11.3 Å². The fourth-order valence-electron chi connectivity index (χ4n) is 4.47. The molecule has 1 aromatic heterocycles. The van der Waals surface area contributed by atoms with Crippen LogP contribution in [0.25, 0.3) is 0 Å². The number of nitrogens with one attached hydrogen (secondary N) is 2. The van der Waals surface area contributed by atoms with E-state index in [9.17, 15) is 19.5 Å². The Kier molecular flexibility index (Phi) is 4.69. The Hall–Kier alpha value is -2.15. The Balaban J connectivity index is 1.75. The van der Waals surface area contributed by atoms with Gasteiger partial charge >= 0.3 is 5.97 Å². The molecule has 2 amide bonds. The molecular formula is C18H22N2O4S. The fraction of sp³-hybridized carbons (Fsp3) is 0.500. The summed E-state index contributed by atoms with van der Waals surface area (Å²) in [4.78, 5) is 37.1. The summed E-state index contributed by atoms with van der Waals surface area (Å²) in [7, 11) is 0. The third-order valence-corrected chi connectivity index (χ3v) is 6.39. The number of hydrogen-bond donors (Lipinski definition) is 3. The van der Waals surface area contributed by atoms with E-state index in [1.807, 2.05) is 32.2 Å². The van der Waals surface area contributed by atoms with Crippen LogP contribution in [0.5, 0.6) is 0 Å². The van der Waals surface area contributed by atoms with Gasteiger partial charge in [-0.25, -0.2) is 0 Å². The molecule has 3 rings (SSSR count). The second-order valence-electron chi connectivity index (χ2n) is 7.01. The molecule has 2 saturated carbocycles. The van der Waals surface area contributed by atoms with Gasteiger partial charge in [-0.05, 0) is 62.5 Å². The van der Waals surface area contributed by atoms with Gasteiger partial charge in [0, 0.05) is 0 Å². The van der Waals surface area contributed by atoms with Crippen LogP contribution in [0.1, 0.15) is 41.9 Å². The summed E-state index contributed by atoms with van der Waals surface area (Å²) in [6, 6.07) is 1.83. The molecule has 2 aliphatic rings. The fourth-order valence-corrected chi connectivity index (χ4v) is 5.29. The van der Waals surface area contributed by atoms with Gasteiger partial charge in [-0.2, -0.15) is 0 Å². The Labute approximate surface area is 150 Å². The first-order valence-corrected chi connectivity index (χ1v) is 9.25. The van der Waals surface area contributed by atoms with Crippen molar-refractivity contribution >= 4 is 29.1 Å². The summed E-state index contributed by atoms with van der Waals surface area (Å²) in [5, 5.41) is 11.4. The van der Waals surface area contributed by atoms with Crippen molar-refractivity contribution in [2.45, 2.75) is 33.6 Å². The quantitative estimate of drug-likeness (QED) is 0.569. The zero-order chi connectivity index (χ0) is 18.3. The van der Waals surface area contributed by atoms with Crippen LogP contribution in [0, 0.1) is 30.6 Å². The molecule has 6 nitrogen and oxygen atoms in total. The second-order valence-corrected chi connectivity index (χ2v) is 7.93. The number of amides is 2. The molecule has 4 atom stereocenters. The number of hydrogen-bond acceptors (Lipinski definition) is 4. The van der Waals surface area contributed by atoms with Crippen LogP contribution >= 0.6 is 11.3 Å². The number of aryl methyl sites for hydroxylation is 1. The summed E-state index contributed by atoms with van der Waals surface area (Å²) in [5.74, 6) is -3.20. The zero-order valence-electron chi connectivity index (χ0n) is 14.5. The number of carbonyl (C=O) groups excluding carboxylic acids is 2. The SMILES string of the molecule is CC(C)=C1[C@H]2CC[C@@H]1[C@@H](C(=O)NNC(=O)c1sccc1C)[C@@H]2C(=O)O. The Morgan fingerprint density at radius 3 is 2.28 bits per heavy atom. The van der Waals surface area contributed by atoms with Gasteiger partial charge in [0.15, 0.2) is 0 Å². The summed E-state index contributed by atoms with van der Waals surface area (Å²) in [5.41, 5.74) is 7.94. The first kappa shape index (κ1) is 17.7. The Bertz CT molecular complexity index is 763. The first-order valence-electron chi connectivity index (χ1n) is 8.37. The molecule has 1 heterocycles. The minimum absolute atomic E-state index is 0.0449. The average Bonchev–Trinajstić information content (AvgIpc) is 3.24. The molecule has 2 bridgehead atoms. The molecule has 0 aromatic carbocycles. The lowest BCUT2D eigenvalue weighted by molar-refractivity contribution is -0.149. The highest BCUT2D eigenvalue weighted by atomic mass is 32.1. The number of aliphatic carboxylic acids is 1. The minimum atomic E-state index is -0.938. The number of rotatable bonds is 3. The van der Waals surface area contributed by atoms with Crippen molar-refractivity contribution in [2.24, 2.45) is 23.7 Å². The highest BCUT2D eigenvalue weighted by molar-refractivity contribution is 7.12. The van der Waals surface area contributed by atoms with Crippen molar-refractivity contribution < 1.29 is 19.5 Å². The van der Waals surface area contributed by atoms with Crippen molar-refractivity contribution in [1.82, 2.24) is 10.9 Å². The van der Waals surface area contributed by atoms with Crippen LogP contribution < -0.4 is 10.9 Å². The van der Waals surface area contributed by atoms with E-state index in [0.717, 1.165) is 29.6 Å². The van der Waals surface area contributed by atoms with Gasteiger partial charge in [0.2, 0.25) is 5.91 Å². The van der Waals surface area contributed by atoms with Crippen LogP contribution in [-0.2, 0) is 9.59 Å². The largest absolute Gasteiger partial charge is 0.481 e. The lowest BCUT2D eigenvalue weighted by atomic mass is 9.79. The first-order chi connectivity index (χ1) is 11.8. The number of hydrazine groups is 1. The van der Waals surface area contributed by atoms with E-state index in [-0.39, 0.29) is 17.7 Å². The number of fused-ring (bicyclic) bond motifs is 2. The molecule has 2 aliphatic carbocycles. The van der Waals surface area contributed by atoms with Crippen molar-refractivity contribution in [3.63, 3.8) is 0 Å². The Morgan fingerprint density at radius 1 is 1.12 bits per heavy atom. The maximum absolute atomic E-state index is 12.7. The summed E-state index contributed by atoms with van der Waals surface area (Å²) >= 11 is 1.30. The number of carbonyl (C=O) groups is 3. The maximum Gasteiger partial charge on any atom is 0.307 e. The van der Waals surface area contributed by atoms with E-state index >= 15 is 0 Å². The molecular weight excluding hydrogens is 340 g/mol. The molecule has 25 heavy (non-hydrogen) atoms. The van der Waals surface area contributed by atoms with Crippen molar-refractivity contribution in [3.8, 4) is 0 Å². The van der Waals surface area contributed by atoms with E-state index in [2.05, 4.69) is 10.9 Å². The number of thiophene rings is 1. The standard InChI is InChI=1S/C18H22N2O4S/c1-8(2)12-10-4-5-11(12)14(18(23)24)13(10)16(21)19-20-17(22)15-9(3)6-7-25-15/h6-7,10-11,13-14H,4-5H2,1-3H3,(H,19,21)(H,20,22)(H,23,24)/t10-,11+,13+,14+/m0/s1. The van der Waals surface area contributed by atoms with Crippen LogP contribution in [0.15, 0.2) is 22.6 Å². The molecule has 0 saturated heterocycles. The second kappa shape index (κ2) is 6.63. The summed E-state index contributed by atoms with van der Waals surface area (Å²) in [6.07, 6.45) is 1.64. The lowest BCUT2D eigenvalue weighted by Gasteiger charge is -2.26. The normalized spacial score (nSPS) is 27.2. The van der Waals surface area contributed by atoms with Crippen molar-refractivity contribution in [2.75, 3.05) is 0 Å². The Morgan fingerprint density at radius 2 is 1.76 bits per heavy atom. The highest BCUT2D eigenvalue weighted by Crippen LogP contribution is 2.57. The molecule has 0 radical (unpaired) electrons. The smallest absolute Gasteiger partial charge is 0.307 e. The predicted octanol–water partition coefficient (Wildman–Crippen LogP) is 2.51. The molecule has 0 spiro atoms. The summed E-state index contributed by atoms with van der Waals surface area (Å²) < 4.78 is 0. The van der Waals surface area contributed by atoms with Crippen LogP contribution in [0.4, 0.5) is 0 Å². The monoisotopic (exact) mass is 362 g/mol. The number of carboxylic acids is 1. The topological polar surface area (TPSA) is 95.5 Å². The zero-order valence-corrected chi connectivity index (χ0v) is 15.3. The van der Waals surface area contributed by atoms with E-state index < -0.39 is 23.7 Å². The van der Waals surface area contributed by atoms with Crippen LogP contribution in [0.3, 0.4) is 0 Å². The predicted molar refractivity (Wildman–Crippen MR) is 93.9 cm³/mol. The van der Waals surface area contributed by atoms with Crippen LogP contribution in [-0.4, -0.2) is 22.9 Å². The molecule has 1 aromatic rings. The molecule has 2 fully saturated rings. The van der Waals surface area contributed by atoms with Crippen molar-refractivity contribution in [3.05, 3.63) is 33.0 Å². The van der Waals surface area contributed by atoms with Gasteiger partial charge in [0.05, 0.1) is 16.7 Å². The van der Waals surface area contributed by atoms with Gasteiger partial charge in [-0.3, -0.25) is 25.2 Å². The third kappa shape index (κ3) is 2.97. The molecule has 3 N–H and O–H groups in total. The van der Waals surface area contributed by atoms with E-state index in [1.54, 1.807) is 0 Å². The molecule has 134 valence electrons. The van der Waals surface area contributed by atoms with E-state index in [0.29, 0.717) is 4.88 Å².